The molecule has 2 unspecified atom stereocenters. The lowest BCUT2D eigenvalue weighted by molar-refractivity contribution is 0.0553. The molecule has 5 nitrogen and oxygen atoms in total. The third-order valence-corrected chi connectivity index (χ3v) is 5.70. The third kappa shape index (κ3) is 2.99. The van der Waals surface area contributed by atoms with Crippen molar-refractivity contribution in [3.63, 3.8) is 0 Å². The smallest absolute Gasteiger partial charge is 0.271 e. The summed E-state index contributed by atoms with van der Waals surface area (Å²) in [6.07, 6.45) is 3.75. The maximum atomic E-state index is 13.6. The molecule has 2 aromatic heterocycles. The van der Waals surface area contributed by atoms with Gasteiger partial charge in [0.2, 0.25) is 0 Å². The number of halogens is 1. The molecule has 6 heteroatoms. The molecule has 5 rings (SSSR count). The van der Waals surface area contributed by atoms with Gasteiger partial charge in [-0.15, -0.1) is 0 Å². The zero-order valence-corrected chi connectivity index (χ0v) is 15.4. The number of fused-ring (bicyclic) bond motifs is 3. The Morgan fingerprint density at radius 1 is 1.00 bits per heavy atom. The average Bonchev–Trinajstić information content (AvgIpc) is 3.33. The van der Waals surface area contributed by atoms with Crippen LogP contribution in [0.4, 0.5) is 4.39 Å². The largest absolute Gasteiger partial charge is 0.337 e. The molecule has 4 heterocycles. The van der Waals surface area contributed by atoms with Gasteiger partial charge in [-0.05, 0) is 42.0 Å². The maximum absolute atomic E-state index is 13.6. The number of carbonyl (C=O) groups excluding carboxylic acids is 1. The van der Waals surface area contributed by atoms with Gasteiger partial charge in [0.25, 0.3) is 5.91 Å². The topological polar surface area (TPSA) is 41.4 Å². The highest BCUT2D eigenvalue weighted by molar-refractivity contribution is 5.94. The van der Waals surface area contributed by atoms with Crippen LogP contribution < -0.4 is 0 Å². The summed E-state index contributed by atoms with van der Waals surface area (Å²) in [5, 5.41) is 0. The lowest BCUT2D eigenvalue weighted by Gasteiger charge is -2.38. The minimum Gasteiger partial charge on any atom is -0.337 e. The average molecular weight is 376 g/mol. The van der Waals surface area contributed by atoms with Gasteiger partial charge < -0.3 is 9.47 Å². The quantitative estimate of drug-likeness (QED) is 0.703. The number of hydrogen-bond donors (Lipinski definition) is 0. The molecule has 0 spiro atoms. The van der Waals surface area contributed by atoms with Gasteiger partial charge in [0.15, 0.2) is 0 Å². The zero-order chi connectivity index (χ0) is 19.1. The molecule has 3 aromatic rings. The monoisotopic (exact) mass is 376 g/mol. The summed E-state index contributed by atoms with van der Waals surface area (Å²) in [7, 11) is 0. The second-order valence-electron chi connectivity index (χ2n) is 7.51. The van der Waals surface area contributed by atoms with Gasteiger partial charge >= 0.3 is 0 Å². The van der Waals surface area contributed by atoms with E-state index in [0.29, 0.717) is 13.1 Å². The zero-order valence-electron chi connectivity index (χ0n) is 15.4. The molecular formula is C22H21FN4O. The minimum absolute atomic E-state index is 0.0458. The number of nitrogens with zero attached hydrogens (tertiary/aromatic N) is 4. The van der Waals surface area contributed by atoms with Crippen molar-refractivity contribution in [2.24, 2.45) is 0 Å². The fourth-order valence-electron chi connectivity index (χ4n) is 4.47. The summed E-state index contributed by atoms with van der Waals surface area (Å²) in [4.78, 5) is 21.8. The van der Waals surface area contributed by atoms with Crippen molar-refractivity contribution in [2.45, 2.75) is 25.2 Å². The van der Waals surface area contributed by atoms with E-state index < -0.39 is 0 Å². The van der Waals surface area contributed by atoms with E-state index in [1.165, 1.54) is 6.07 Å². The molecule has 1 aromatic carbocycles. The van der Waals surface area contributed by atoms with Crippen LogP contribution in [0.15, 0.2) is 67.0 Å². The second kappa shape index (κ2) is 6.87. The summed E-state index contributed by atoms with van der Waals surface area (Å²) in [6.45, 7) is 2.76. The minimum atomic E-state index is -0.214. The molecule has 0 aliphatic carbocycles. The summed E-state index contributed by atoms with van der Waals surface area (Å²) >= 11 is 0. The van der Waals surface area contributed by atoms with Gasteiger partial charge in [0.05, 0.1) is 24.3 Å². The molecule has 2 atom stereocenters. The SMILES string of the molecule is O=C1c2cccn2C2CN(Cc3cccc(F)c3)CC2N1Cc1ccccn1. The normalized spacial score (nSPS) is 21.6. The van der Waals surface area contributed by atoms with Gasteiger partial charge in [0, 0.05) is 32.0 Å². The van der Waals surface area contributed by atoms with Crippen molar-refractivity contribution in [2.75, 3.05) is 13.1 Å². The first-order valence-corrected chi connectivity index (χ1v) is 9.53. The van der Waals surface area contributed by atoms with Gasteiger partial charge in [0.1, 0.15) is 11.5 Å². The Labute approximate surface area is 163 Å². The van der Waals surface area contributed by atoms with E-state index in [1.54, 1.807) is 18.3 Å². The van der Waals surface area contributed by atoms with Crippen molar-refractivity contribution < 1.29 is 9.18 Å². The summed E-state index contributed by atoms with van der Waals surface area (Å²) in [5.41, 5.74) is 2.57. The van der Waals surface area contributed by atoms with Crippen molar-refractivity contribution in [3.8, 4) is 0 Å². The highest BCUT2D eigenvalue weighted by atomic mass is 19.1. The molecule has 2 aliphatic rings. The van der Waals surface area contributed by atoms with Crippen LogP contribution in [0, 0.1) is 5.82 Å². The molecule has 1 fully saturated rings. The van der Waals surface area contributed by atoms with E-state index in [9.17, 15) is 9.18 Å². The predicted molar refractivity (Wildman–Crippen MR) is 103 cm³/mol. The fourth-order valence-corrected chi connectivity index (χ4v) is 4.47. The summed E-state index contributed by atoms with van der Waals surface area (Å²) in [6, 6.07) is 16.6. The summed E-state index contributed by atoms with van der Waals surface area (Å²) < 4.78 is 15.7. The number of pyridine rings is 1. The first kappa shape index (κ1) is 17.1. The van der Waals surface area contributed by atoms with Gasteiger partial charge in [-0.1, -0.05) is 18.2 Å². The van der Waals surface area contributed by atoms with E-state index in [0.717, 1.165) is 30.0 Å². The van der Waals surface area contributed by atoms with Crippen molar-refractivity contribution in [1.29, 1.82) is 0 Å². The lowest BCUT2D eigenvalue weighted by atomic mass is 10.1. The van der Waals surface area contributed by atoms with Crippen LogP contribution in [-0.2, 0) is 13.1 Å². The molecule has 142 valence electrons. The van der Waals surface area contributed by atoms with E-state index in [4.69, 9.17) is 0 Å². The molecule has 2 aliphatic heterocycles. The van der Waals surface area contributed by atoms with Crippen LogP contribution >= 0.6 is 0 Å². The van der Waals surface area contributed by atoms with Gasteiger partial charge in [-0.2, -0.15) is 0 Å². The van der Waals surface area contributed by atoms with E-state index in [1.807, 2.05) is 47.5 Å². The molecule has 0 saturated carbocycles. The highest BCUT2D eigenvalue weighted by Crippen LogP contribution is 2.35. The lowest BCUT2D eigenvalue weighted by Crippen LogP contribution is -2.49. The van der Waals surface area contributed by atoms with Gasteiger partial charge in [-0.25, -0.2) is 4.39 Å². The Morgan fingerprint density at radius 2 is 1.89 bits per heavy atom. The Kier molecular flexibility index (Phi) is 4.20. The third-order valence-electron chi connectivity index (χ3n) is 5.70. The summed E-state index contributed by atoms with van der Waals surface area (Å²) in [5.74, 6) is -0.168. The maximum Gasteiger partial charge on any atom is 0.271 e. The van der Waals surface area contributed by atoms with Crippen LogP contribution in [0.5, 0.6) is 0 Å². The molecule has 28 heavy (non-hydrogen) atoms. The molecular weight excluding hydrogens is 355 g/mol. The van der Waals surface area contributed by atoms with Crippen LogP contribution in [0.1, 0.15) is 27.8 Å². The Balaban J connectivity index is 1.43. The second-order valence-corrected chi connectivity index (χ2v) is 7.51. The van der Waals surface area contributed by atoms with Crippen molar-refractivity contribution in [3.05, 3.63) is 89.8 Å². The standard InChI is InChI=1S/C22H21FN4O/c23-17-6-3-5-16(11-17)12-25-14-20-21(15-25)27(13-18-7-1-2-9-24-18)22(28)19-8-4-10-26(19)20/h1-11,20-21H,12-15H2. The molecule has 0 radical (unpaired) electrons. The molecule has 0 N–H and O–H groups in total. The Bertz CT molecular complexity index is 1000. The fraction of sp³-hybridized carbons (Fsp3) is 0.273. The molecule has 1 saturated heterocycles. The first-order chi connectivity index (χ1) is 13.7. The van der Waals surface area contributed by atoms with Crippen LogP contribution in [-0.4, -0.2) is 44.4 Å². The van der Waals surface area contributed by atoms with E-state index in [2.05, 4.69) is 14.5 Å². The van der Waals surface area contributed by atoms with Crippen LogP contribution in [0.3, 0.4) is 0 Å². The number of benzene rings is 1. The molecule has 0 bridgehead atoms. The number of aromatic nitrogens is 2. The number of amides is 1. The number of rotatable bonds is 4. The Morgan fingerprint density at radius 3 is 2.71 bits per heavy atom. The van der Waals surface area contributed by atoms with Crippen LogP contribution in [0.2, 0.25) is 0 Å². The predicted octanol–water partition coefficient (Wildman–Crippen LogP) is 3.10. The number of hydrogen-bond acceptors (Lipinski definition) is 3. The van der Waals surface area contributed by atoms with Crippen molar-refractivity contribution in [1.82, 2.24) is 19.4 Å². The first-order valence-electron chi connectivity index (χ1n) is 9.53. The molecule has 1 amide bonds. The van der Waals surface area contributed by atoms with E-state index >= 15 is 0 Å². The number of likely N-dealkylation sites (tertiary alicyclic amines) is 1. The van der Waals surface area contributed by atoms with Crippen LogP contribution in [0.25, 0.3) is 0 Å². The number of carbonyl (C=O) groups is 1. The van der Waals surface area contributed by atoms with Crippen molar-refractivity contribution >= 4 is 5.91 Å². The van der Waals surface area contributed by atoms with Gasteiger partial charge in [-0.3, -0.25) is 14.7 Å². The van der Waals surface area contributed by atoms with E-state index in [-0.39, 0.29) is 23.8 Å². The highest BCUT2D eigenvalue weighted by Gasteiger charge is 2.44. The Hall–Kier alpha value is -2.99.